The second-order valence-electron chi connectivity index (χ2n) is 7.23. The first-order valence-electron chi connectivity index (χ1n) is 9.21. The molecule has 3 rings (SSSR count). The third-order valence-electron chi connectivity index (χ3n) is 5.29. The number of anilines is 1. The number of allylic oxidation sites excluding steroid dienone is 1. The molecule has 0 unspecified atom stereocenters. The maximum absolute atomic E-state index is 14.8. The number of nitrogens with one attached hydrogen (secondary N) is 1. The number of halogens is 4. The number of sulfonamides is 1. The summed E-state index contributed by atoms with van der Waals surface area (Å²) in [5.41, 5.74) is 0.284. The number of benzene rings is 2. The summed E-state index contributed by atoms with van der Waals surface area (Å²) < 4.78 is 71.5. The largest absolute Gasteiger partial charge is 0.282 e. The highest BCUT2D eigenvalue weighted by Gasteiger charge is 2.53. The molecule has 0 amide bonds. The Morgan fingerprint density at radius 2 is 1.86 bits per heavy atom. The molecule has 0 atom stereocenters. The zero-order chi connectivity index (χ0) is 21.4. The van der Waals surface area contributed by atoms with E-state index in [4.69, 9.17) is 0 Å². The van der Waals surface area contributed by atoms with Gasteiger partial charge in [-0.25, -0.2) is 21.6 Å². The molecule has 29 heavy (non-hydrogen) atoms. The van der Waals surface area contributed by atoms with E-state index in [2.05, 4.69) is 11.3 Å². The maximum Gasteiger partial charge on any atom is 0.238 e. The van der Waals surface area contributed by atoms with Crippen LogP contribution in [0.25, 0.3) is 0 Å². The van der Waals surface area contributed by atoms with Gasteiger partial charge in [0.1, 0.15) is 5.82 Å². The van der Waals surface area contributed by atoms with Crippen molar-refractivity contribution in [3.63, 3.8) is 0 Å². The van der Waals surface area contributed by atoms with E-state index in [1.807, 2.05) is 22.6 Å². The molecule has 0 radical (unpaired) electrons. The van der Waals surface area contributed by atoms with Crippen molar-refractivity contribution in [2.24, 2.45) is 0 Å². The summed E-state index contributed by atoms with van der Waals surface area (Å²) in [6, 6.07) is 5.43. The molecular formula is C21H21F3INO2S. The molecule has 0 aromatic heterocycles. The lowest BCUT2D eigenvalue weighted by atomic mass is 9.98. The number of hydrogen-bond donors (Lipinski definition) is 1. The zero-order valence-corrected chi connectivity index (χ0v) is 18.8. The fourth-order valence-electron chi connectivity index (χ4n) is 3.39. The molecule has 2 aromatic rings. The fraction of sp³-hybridized carbons (Fsp3) is 0.333. The van der Waals surface area contributed by atoms with Gasteiger partial charge in [0.05, 0.1) is 10.4 Å². The second-order valence-corrected chi connectivity index (χ2v) is 10.6. The Labute approximate surface area is 182 Å². The number of hydrogen-bond acceptors (Lipinski definition) is 2. The van der Waals surface area contributed by atoms with Crippen molar-refractivity contribution in [1.29, 1.82) is 0 Å². The zero-order valence-electron chi connectivity index (χ0n) is 15.9. The predicted molar refractivity (Wildman–Crippen MR) is 117 cm³/mol. The summed E-state index contributed by atoms with van der Waals surface area (Å²) >= 11 is 1.95. The Balaban J connectivity index is 2.10. The highest BCUT2D eigenvalue weighted by atomic mass is 127. The van der Waals surface area contributed by atoms with E-state index in [1.54, 1.807) is 19.1 Å². The van der Waals surface area contributed by atoms with Crippen molar-refractivity contribution in [3.05, 3.63) is 74.6 Å². The van der Waals surface area contributed by atoms with Crippen molar-refractivity contribution in [1.82, 2.24) is 0 Å². The van der Waals surface area contributed by atoms with Crippen molar-refractivity contribution in [3.8, 4) is 0 Å². The van der Waals surface area contributed by atoms with Gasteiger partial charge >= 0.3 is 0 Å². The molecule has 1 fully saturated rings. The van der Waals surface area contributed by atoms with Crippen molar-refractivity contribution < 1.29 is 21.6 Å². The van der Waals surface area contributed by atoms with Gasteiger partial charge in [-0.15, -0.1) is 6.58 Å². The van der Waals surface area contributed by atoms with E-state index in [9.17, 15) is 21.6 Å². The van der Waals surface area contributed by atoms with E-state index >= 15 is 0 Å². The van der Waals surface area contributed by atoms with Crippen molar-refractivity contribution in [2.75, 3.05) is 4.72 Å². The van der Waals surface area contributed by atoms with Gasteiger partial charge in [0.25, 0.3) is 0 Å². The summed E-state index contributed by atoms with van der Waals surface area (Å²) in [6.45, 7) is 5.33. The summed E-state index contributed by atoms with van der Waals surface area (Å²) in [7, 11) is -3.86. The predicted octanol–water partition coefficient (Wildman–Crippen LogP) is 5.71. The van der Waals surface area contributed by atoms with E-state index < -0.39 is 32.2 Å². The summed E-state index contributed by atoms with van der Waals surface area (Å²) in [5.74, 6) is -2.82. The average molecular weight is 535 g/mol. The third kappa shape index (κ3) is 4.33. The highest BCUT2D eigenvalue weighted by Crippen LogP contribution is 2.48. The van der Waals surface area contributed by atoms with Crippen LogP contribution in [0.15, 0.2) is 36.9 Å². The topological polar surface area (TPSA) is 46.2 Å². The molecule has 0 heterocycles. The molecule has 0 aliphatic heterocycles. The van der Waals surface area contributed by atoms with Crippen LogP contribution in [0.3, 0.4) is 0 Å². The molecule has 8 heteroatoms. The van der Waals surface area contributed by atoms with Crippen LogP contribution in [0.5, 0.6) is 0 Å². The average Bonchev–Trinajstić information content (AvgIpc) is 3.44. The Morgan fingerprint density at radius 1 is 1.17 bits per heavy atom. The molecule has 1 N–H and O–H groups in total. The quantitative estimate of drug-likeness (QED) is 0.348. The van der Waals surface area contributed by atoms with Gasteiger partial charge < -0.3 is 0 Å². The molecule has 156 valence electrons. The Morgan fingerprint density at radius 3 is 2.41 bits per heavy atom. The Hall–Kier alpha value is -1.55. The van der Waals surface area contributed by atoms with Crippen molar-refractivity contribution in [2.45, 2.75) is 43.8 Å². The first-order chi connectivity index (χ1) is 13.6. The molecule has 1 aliphatic rings. The third-order valence-corrected chi connectivity index (χ3v) is 8.15. The molecule has 0 bridgehead atoms. The van der Waals surface area contributed by atoms with Crippen LogP contribution in [0.1, 0.15) is 42.9 Å². The van der Waals surface area contributed by atoms with Crippen LogP contribution in [0, 0.1) is 21.0 Å². The van der Waals surface area contributed by atoms with Crippen LogP contribution >= 0.6 is 22.6 Å². The molecule has 1 saturated carbocycles. The van der Waals surface area contributed by atoms with E-state index in [0.29, 0.717) is 22.0 Å². The van der Waals surface area contributed by atoms with Gasteiger partial charge in [-0.1, -0.05) is 19.1 Å². The van der Waals surface area contributed by atoms with Gasteiger partial charge in [0, 0.05) is 15.6 Å². The molecule has 3 nitrogen and oxygen atoms in total. The Bertz CT molecular complexity index is 1070. The monoisotopic (exact) mass is 535 g/mol. The summed E-state index contributed by atoms with van der Waals surface area (Å²) in [6.07, 6.45) is 2.77. The lowest BCUT2D eigenvalue weighted by molar-refractivity contribution is 0.499. The number of aryl methyl sites for hydroxylation is 1. The summed E-state index contributed by atoms with van der Waals surface area (Å²) in [4.78, 5) is 0. The minimum atomic E-state index is -3.86. The molecule has 0 saturated heterocycles. The molecule has 0 spiro atoms. The van der Waals surface area contributed by atoms with Crippen LogP contribution in [0.2, 0.25) is 0 Å². The van der Waals surface area contributed by atoms with Crippen molar-refractivity contribution >= 4 is 38.3 Å². The van der Waals surface area contributed by atoms with Gasteiger partial charge in [-0.05, 0) is 77.6 Å². The lowest BCUT2D eigenvalue weighted by Crippen LogP contribution is -2.30. The summed E-state index contributed by atoms with van der Waals surface area (Å²) in [5, 5.41) is 0. The Kier molecular flexibility index (Phi) is 6.33. The van der Waals surface area contributed by atoms with Gasteiger partial charge in [0.2, 0.25) is 10.0 Å². The van der Waals surface area contributed by atoms with Gasteiger partial charge in [-0.3, -0.25) is 4.72 Å². The van der Waals surface area contributed by atoms with Gasteiger partial charge in [0.15, 0.2) is 11.6 Å². The second kappa shape index (κ2) is 8.29. The first kappa shape index (κ1) is 22.1. The minimum Gasteiger partial charge on any atom is -0.282 e. The molecule has 1 aliphatic carbocycles. The van der Waals surface area contributed by atoms with Crippen LogP contribution < -0.4 is 4.72 Å². The van der Waals surface area contributed by atoms with Gasteiger partial charge in [-0.2, -0.15) is 0 Å². The van der Waals surface area contributed by atoms with Crippen LogP contribution in [0.4, 0.5) is 18.9 Å². The normalized spacial score (nSPS) is 15.2. The standard InChI is InChI=1S/C21H21F3INO2S/c1-3-7-21(8-9-21)29(27,28)26-20-13(4-2)11-18(23)19(24)16(20)10-14-5-6-15(25)12-17(14)22/h3,5-6,11-12,26H,1,4,7-10H2,2H3. The van der Waals surface area contributed by atoms with E-state index in [-0.39, 0.29) is 36.1 Å². The minimum absolute atomic E-state index is 0.000290. The lowest BCUT2D eigenvalue weighted by Gasteiger charge is -2.21. The fourth-order valence-corrected chi connectivity index (χ4v) is 5.56. The maximum atomic E-state index is 14.8. The van der Waals surface area contributed by atoms with E-state index in [1.165, 1.54) is 12.1 Å². The van der Waals surface area contributed by atoms with Crippen LogP contribution in [-0.4, -0.2) is 13.2 Å². The smallest absolute Gasteiger partial charge is 0.238 e. The highest BCUT2D eigenvalue weighted by molar-refractivity contribution is 14.1. The number of rotatable bonds is 8. The molecular weight excluding hydrogens is 514 g/mol. The first-order valence-corrected chi connectivity index (χ1v) is 11.8. The molecule has 2 aromatic carbocycles. The SMILES string of the molecule is C=CCC1(S(=O)(=O)Nc2c(CC)cc(F)c(F)c2Cc2ccc(I)cc2F)CC1. The van der Waals surface area contributed by atoms with E-state index in [0.717, 1.165) is 6.07 Å². The van der Waals surface area contributed by atoms with Crippen LogP contribution in [-0.2, 0) is 22.9 Å².